The molecule has 5 atom stereocenters. The predicted molar refractivity (Wildman–Crippen MR) is 84.1 cm³/mol. The first-order valence-corrected chi connectivity index (χ1v) is 8.26. The molecule has 5 unspecified atom stereocenters. The number of hydrogen-bond donors (Lipinski definition) is 4. The summed E-state index contributed by atoms with van der Waals surface area (Å²) in [4.78, 5) is 22.9. The van der Waals surface area contributed by atoms with Gasteiger partial charge in [0.05, 0.1) is 12.0 Å². The molecule has 1 aliphatic rings. The van der Waals surface area contributed by atoms with Crippen molar-refractivity contribution in [3.05, 3.63) is 0 Å². The van der Waals surface area contributed by atoms with Crippen LogP contribution in [-0.2, 0) is 9.59 Å². The fourth-order valence-corrected chi connectivity index (χ4v) is 3.85. The summed E-state index contributed by atoms with van der Waals surface area (Å²) >= 11 is 0. The average Bonchev–Trinajstić information content (AvgIpc) is 2.71. The molecule has 0 radical (unpaired) electrons. The zero-order chi connectivity index (χ0) is 16.9. The maximum absolute atomic E-state index is 11.6. The summed E-state index contributed by atoms with van der Waals surface area (Å²) in [6, 6.07) is -0.684. The van der Waals surface area contributed by atoms with Gasteiger partial charge in [-0.1, -0.05) is 26.7 Å². The quantitative estimate of drug-likeness (QED) is 0.536. The molecule has 6 heteroatoms. The highest BCUT2D eigenvalue weighted by Gasteiger charge is 2.49. The molecule has 1 saturated carbocycles. The Labute approximate surface area is 132 Å². The SMILES string of the molecule is CCCC(CCC)C(NC(C)=O)C1C(N)CC(C(=O)O)C1O. The maximum Gasteiger partial charge on any atom is 0.309 e. The molecule has 0 saturated heterocycles. The van der Waals surface area contributed by atoms with Crippen LogP contribution >= 0.6 is 0 Å². The number of carbonyl (C=O) groups is 2. The third kappa shape index (κ3) is 4.43. The molecule has 0 aromatic rings. The van der Waals surface area contributed by atoms with Crippen molar-refractivity contribution in [2.45, 2.75) is 71.1 Å². The number of amides is 1. The van der Waals surface area contributed by atoms with E-state index in [4.69, 9.17) is 5.73 Å². The van der Waals surface area contributed by atoms with Gasteiger partial charge in [-0.25, -0.2) is 0 Å². The Bertz CT molecular complexity index is 382. The van der Waals surface area contributed by atoms with E-state index in [1.165, 1.54) is 6.92 Å². The van der Waals surface area contributed by atoms with Crippen LogP contribution in [0.2, 0.25) is 0 Å². The van der Waals surface area contributed by atoms with Gasteiger partial charge in [-0.15, -0.1) is 0 Å². The molecule has 5 N–H and O–H groups in total. The van der Waals surface area contributed by atoms with Crippen LogP contribution in [-0.4, -0.2) is 40.3 Å². The average molecular weight is 314 g/mol. The number of carbonyl (C=O) groups excluding carboxylic acids is 1. The van der Waals surface area contributed by atoms with Crippen LogP contribution in [0.15, 0.2) is 0 Å². The van der Waals surface area contributed by atoms with E-state index < -0.39 is 30.0 Å². The summed E-state index contributed by atoms with van der Waals surface area (Å²) in [6.07, 6.45) is 3.03. The molecule has 22 heavy (non-hydrogen) atoms. The molecule has 0 bridgehead atoms. The molecule has 1 aliphatic carbocycles. The van der Waals surface area contributed by atoms with Crippen molar-refractivity contribution in [2.75, 3.05) is 0 Å². The molecule has 0 heterocycles. The van der Waals surface area contributed by atoms with Crippen LogP contribution in [0.25, 0.3) is 0 Å². The summed E-state index contributed by atoms with van der Waals surface area (Å²) in [6.45, 7) is 5.61. The largest absolute Gasteiger partial charge is 0.481 e. The van der Waals surface area contributed by atoms with E-state index in [2.05, 4.69) is 19.2 Å². The van der Waals surface area contributed by atoms with Gasteiger partial charge in [0.1, 0.15) is 0 Å². The van der Waals surface area contributed by atoms with Gasteiger partial charge in [-0.3, -0.25) is 9.59 Å². The van der Waals surface area contributed by atoms with E-state index in [9.17, 15) is 19.8 Å². The first-order valence-electron chi connectivity index (χ1n) is 8.26. The number of hydrogen-bond acceptors (Lipinski definition) is 4. The van der Waals surface area contributed by atoms with Crippen LogP contribution in [0, 0.1) is 17.8 Å². The highest BCUT2D eigenvalue weighted by Crippen LogP contribution is 2.37. The van der Waals surface area contributed by atoms with Crippen LogP contribution in [0.5, 0.6) is 0 Å². The summed E-state index contributed by atoms with van der Waals surface area (Å²) < 4.78 is 0. The Morgan fingerprint density at radius 3 is 2.18 bits per heavy atom. The Morgan fingerprint density at radius 1 is 1.27 bits per heavy atom. The van der Waals surface area contributed by atoms with Crippen molar-refractivity contribution in [1.29, 1.82) is 0 Å². The summed E-state index contributed by atoms with van der Waals surface area (Å²) in [5.41, 5.74) is 6.13. The van der Waals surface area contributed by atoms with Gasteiger partial charge < -0.3 is 21.3 Å². The smallest absolute Gasteiger partial charge is 0.309 e. The van der Waals surface area contributed by atoms with Crippen LogP contribution < -0.4 is 11.1 Å². The topological polar surface area (TPSA) is 113 Å². The lowest BCUT2D eigenvalue weighted by molar-refractivity contribution is -0.145. The number of aliphatic hydroxyl groups excluding tert-OH is 1. The molecular weight excluding hydrogens is 284 g/mol. The lowest BCUT2D eigenvalue weighted by atomic mass is 9.79. The van der Waals surface area contributed by atoms with Gasteiger partial charge >= 0.3 is 5.97 Å². The molecular formula is C16H30N2O4. The third-order valence-corrected chi connectivity index (χ3v) is 4.76. The van der Waals surface area contributed by atoms with E-state index in [1.54, 1.807) is 0 Å². The second-order valence-electron chi connectivity index (χ2n) is 6.48. The summed E-state index contributed by atoms with van der Waals surface area (Å²) in [5, 5.41) is 22.6. The minimum absolute atomic E-state index is 0.166. The first kappa shape index (κ1) is 18.9. The minimum atomic E-state index is -1.02. The zero-order valence-corrected chi connectivity index (χ0v) is 13.8. The highest BCUT2D eigenvalue weighted by molar-refractivity contribution is 5.74. The third-order valence-electron chi connectivity index (χ3n) is 4.76. The monoisotopic (exact) mass is 314 g/mol. The van der Waals surface area contributed by atoms with Gasteiger partial charge in [0.15, 0.2) is 0 Å². The van der Waals surface area contributed by atoms with Crippen molar-refractivity contribution in [1.82, 2.24) is 5.32 Å². The molecule has 1 amide bonds. The second kappa shape index (κ2) is 8.48. The second-order valence-corrected chi connectivity index (χ2v) is 6.48. The lowest BCUT2D eigenvalue weighted by Gasteiger charge is -2.36. The van der Waals surface area contributed by atoms with Crippen molar-refractivity contribution >= 4 is 11.9 Å². The standard InChI is InChI=1S/C16H30N2O4/c1-4-6-10(7-5-2)14(18-9(3)19)13-12(17)8-11(15(13)20)16(21)22/h10-15,20H,4-8,17H2,1-3H3,(H,18,19)(H,21,22). The van der Waals surface area contributed by atoms with Gasteiger partial charge in [-0.2, -0.15) is 0 Å². The van der Waals surface area contributed by atoms with Crippen LogP contribution in [0.4, 0.5) is 0 Å². The Kier molecular flexibility index (Phi) is 7.29. The fourth-order valence-electron chi connectivity index (χ4n) is 3.85. The molecule has 128 valence electrons. The molecule has 0 aromatic heterocycles. The zero-order valence-electron chi connectivity index (χ0n) is 13.8. The van der Waals surface area contributed by atoms with Crippen molar-refractivity contribution in [3.8, 4) is 0 Å². The highest BCUT2D eigenvalue weighted by atomic mass is 16.4. The van der Waals surface area contributed by atoms with Crippen LogP contribution in [0.1, 0.15) is 52.9 Å². The molecule has 0 aromatic carbocycles. The lowest BCUT2D eigenvalue weighted by Crippen LogP contribution is -2.52. The van der Waals surface area contributed by atoms with E-state index in [0.29, 0.717) is 0 Å². The molecule has 6 nitrogen and oxygen atoms in total. The Morgan fingerprint density at radius 2 is 1.82 bits per heavy atom. The van der Waals surface area contributed by atoms with E-state index in [0.717, 1.165) is 25.7 Å². The van der Waals surface area contributed by atoms with Crippen molar-refractivity contribution < 1.29 is 19.8 Å². The van der Waals surface area contributed by atoms with Gasteiger partial charge in [0, 0.05) is 24.9 Å². The summed E-state index contributed by atoms with van der Waals surface area (Å²) in [5.74, 6) is -2.24. The molecule has 1 fully saturated rings. The number of rotatable bonds is 8. The minimum Gasteiger partial charge on any atom is -0.481 e. The number of aliphatic hydroxyl groups is 1. The van der Waals surface area contributed by atoms with E-state index >= 15 is 0 Å². The summed E-state index contributed by atoms with van der Waals surface area (Å²) in [7, 11) is 0. The fraction of sp³-hybridized carbons (Fsp3) is 0.875. The normalized spacial score (nSPS) is 29.5. The van der Waals surface area contributed by atoms with E-state index in [1.807, 2.05) is 0 Å². The number of aliphatic carboxylic acids is 1. The number of carboxylic acid groups (broad SMARTS) is 1. The Balaban J connectivity index is 3.03. The van der Waals surface area contributed by atoms with Gasteiger partial charge in [-0.05, 0) is 25.2 Å². The molecule has 1 rings (SSSR count). The van der Waals surface area contributed by atoms with E-state index in [-0.39, 0.29) is 24.3 Å². The number of nitrogens with two attached hydrogens (primary N) is 1. The maximum atomic E-state index is 11.6. The Hall–Kier alpha value is -1.14. The number of nitrogens with one attached hydrogen (secondary N) is 1. The van der Waals surface area contributed by atoms with Gasteiger partial charge in [0.25, 0.3) is 0 Å². The van der Waals surface area contributed by atoms with Crippen molar-refractivity contribution in [2.24, 2.45) is 23.5 Å². The predicted octanol–water partition coefficient (Wildman–Crippen LogP) is 1.12. The molecule has 0 aliphatic heterocycles. The van der Waals surface area contributed by atoms with Crippen LogP contribution in [0.3, 0.4) is 0 Å². The van der Waals surface area contributed by atoms with Crippen molar-refractivity contribution in [3.63, 3.8) is 0 Å². The molecule has 0 spiro atoms. The van der Waals surface area contributed by atoms with Gasteiger partial charge in [0.2, 0.25) is 5.91 Å². The first-order chi connectivity index (χ1) is 10.3. The number of carboxylic acids is 1.